The first-order chi connectivity index (χ1) is 30.5. The molecule has 4 aliphatic carbocycles. The molecule has 6 aliphatic rings. The second kappa shape index (κ2) is 13.3. The maximum atomic E-state index is 7.73. The highest BCUT2D eigenvalue weighted by atomic mass is 16.4. The fourth-order valence-electron chi connectivity index (χ4n) is 14.2. The molecule has 4 aromatic carbocycles. The van der Waals surface area contributed by atoms with Gasteiger partial charge < -0.3 is 9.32 Å². The molecule has 0 N–H and O–H groups in total. The number of furan rings is 1. The molecule has 0 atom stereocenters. The molecule has 0 spiro atoms. The van der Waals surface area contributed by atoms with Crippen molar-refractivity contribution in [3.63, 3.8) is 0 Å². The number of hydrogen-bond acceptors (Lipinski definition) is 3. The van der Waals surface area contributed by atoms with Crippen LogP contribution in [0.25, 0.3) is 0 Å². The van der Waals surface area contributed by atoms with Gasteiger partial charge in [-0.2, -0.15) is 0 Å². The zero-order chi connectivity index (χ0) is 47.4. The van der Waals surface area contributed by atoms with Gasteiger partial charge in [0.25, 0.3) is 6.71 Å². The Kier molecular flexibility index (Phi) is 8.95. The highest BCUT2D eigenvalue weighted by Crippen LogP contribution is 2.57. The van der Waals surface area contributed by atoms with E-state index in [1.54, 1.807) is 0 Å². The van der Waals surface area contributed by atoms with Gasteiger partial charge in [-0.05, 0) is 206 Å². The summed E-state index contributed by atoms with van der Waals surface area (Å²) in [6.45, 7) is 44.4. The molecule has 0 saturated carbocycles. The van der Waals surface area contributed by atoms with E-state index in [2.05, 4.69) is 189 Å². The Morgan fingerprint density at radius 3 is 1.41 bits per heavy atom. The summed E-state index contributed by atoms with van der Waals surface area (Å²) in [4.78, 5) is 5.35. The second-order valence-electron chi connectivity index (χ2n) is 27.8. The van der Waals surface area contributed by atoms with Gasteiger partial charge in [0.15, 0.2) is 5.88 Å². The molecule has 3 nitrogen and oxygen atoms in total. The molecule has 0 amide bonds. The van der Waals surface area contributed by atoms with Gasteiger partial charge >= 0.3 is 0 Å². The fourth-order valence-corrected chi connectivity index (χ4v) is 14.2. The average Bonchev–Trinajstić information content (AvgIpc) is 3.64. The van der Waals surface area contributed by atoms with E-state index in [4.69, 9.17) is 4.42 Å². The topological polar surface area (TPSA) is 19.6 Å². The van der Waals surface area contributed by atoms with Crippen molar-refractivity contribution in [3.05, 3.63) is 110 Å². The standard InChI is InChI=1S/C62H79BN2O/c1-36-29-48-51-49(30-36)65(46-34-43-40(31-37(46)2)56(5,6)23-25-59(43,11)12)47-35-44-42(58(9,10)24-26-60(44,13)14)33-45(47)63(51)52-50-53(62(17,18)28-27-61(50,15)16)66-54(52)64(48)38-19-20-39-41(32-38)57(7,8)22-21-55(39,3)4/h19-20,29-35H,21-28H2,1-18H3. The summed E-state index contributed by atoms with van der Waals surface area (Å²) in [6.07, 6.45) is 9.38. The van der Waals surface area contributed by atoms with E-state index < -0.39 is 0 Å². The summed E-state index contributed by atoms with van der Waals surface area (Å²) >= 11 is 0. The minimum atomic E-state index is -0.0904. The Balaban J connectivity index is 1.29. The van der Waals surface area contributed by atoms with Crippen molar-refractivity contribution in [1.29, 1.82) is 0 Å². The minimum Gasteiger partial charge on any atom is -0.444 e. The highest BCUT2D eigenvalue weighted by molar-refractivity contribution is 7.00. The van der Waals surface area contributed by atoms with Crippen molar-refractivity contribution in [2.75, 3.05) is 9.80 Å². The second-order valence-corrected chi connectivity index (χ2v) is 27.8. The first-order valence-corrected chi connectivity index (χ1v) is 25.9. The zero-order valence-corrected chi connectivity index (χ0v) is 44.2. The third-order valence-corrected chi connectivity index (χ3v) is 19.2. The zero-order valence-electron chi connectivity index (χ0n) is 44.2. The molecular formula is C62H79BN2O. The van der Waals surface area contributed by atoms with Crippen LogP contribution in [0.1, 0.15) is 218 Å². The molecule has 0 fully saturated rings. The van der Waals surface area contributed by atoms with E-state index in [0.29, 0.717) is 0 Å². The molecule has 0 radical (unpaired) electrons. The molecule has 11 rings (SSSR count). The molecule has 1 aromatic heterocycles. The number of hydrogen-bond donors (Lipinski definition) is 0. The van der Waals surface area contributed by atoms with E-state index >= 15 is 0 Å². The molecule has 4 heteroatoms. The predicted octanol–water partition coefficient (Wildman–Crippen LogP) is 15.4. The van der Waals surface area contributed by atoms with Crippen LogP contribution in [0.2, 0.25) is 0 Å². The van der Waals surface area contributed by atoms with Crippen LogP contribution in [-0.2, 0) is 43.3 Å². The largest absolute Gasteiger partial charge is 0.444 e. The van der Waals surface area contributed by atoms with Crippen LogP contribution in [0.3, 0.4) is 0 Å². The smallest absolute Gasteiger partial charge is 0.256 e. The molecule has 346 valence electrons. The van der Waals surface area contributed by atoms with Gasteiger partial charge in [0.05, 0.1) is 0 Å². The molecule has 66 heavy (non-hydrogen) atoms. The SMILES string of the molecule is Cc1cc2c3c(c1)N(c1ccc4c(c1)C(C)(C)CCC4(C)C)c1oc4c(c1B3c1cc3c(cc1N2c1cc2c(cc1C)C(C)(C)CCC2(C)C)C(C)(C)CCC3(C)C)C(C)(C)CCC4(C)C. The Hall–Kier alpha value is -4.18. The van der Waals surface area contributed by atoms with Gasteiger partial charge in [0, 0.05) is 33.9 Å². The number of rotatable bonds is 2. The molecule has 2 aliphatic heterocycles. The third kappa shape index (κ3) is 6.06. The summed E-state index contributed by atoms with van der Waals surface area (Å²) in [5.74, 6) is 2.23. The Morgan fingerprint density at radius 2 is 0.848 bits per heavy atom. The van der Waals surface area contributed by atoms with Crippen molar-refractivity contribution < 1.29 is 4.42 Å². The first-order valence-electron chi connectivity index (χ1n) is 25.9. The third-order valence-electron chi connectivity index (χ3n) is 19.2. The van der Waals surface area contributed by atoms with Crippen LogP contribution in [0.4, 0.5) is 34.3 Å². The molecule has 3 heterocycles. The highest BCUT2D eigenvalue weighted by Gasteiger charge is 2.54. The molecule has 0 bridgehead atoms. The van der Waals surface area contributed by atoms with Crippen LogP contribution in [0, 0.1) is 13.8 Å². The maximum absolute atomic E-state index is 7.73. The summed E-state index contributed by atoms with van der Waals surface area (Å²) in [7, 11) is 0. The van der Waals surface area contributed by atoms with Crippen molar-refractivity contribution in [3.8, 4) is 0 Å². The predicted molar refractivity (Wildman–Crippen MR) is 283 cm³/mol. The molecule has 5 aromatic rings. The number of nitrogens with zero attached hydrogens (tertiary/aromatic N) is 2. The summed E-state index contributed by atoms with van der Waals surface area (Å²) < 4.78 is 7.73. The van der Waals surface area contributed by atoms with Crippen molar-refractivity contribution in [2.24, 2.45) is 0 Å². The Labute approximate surface area is 399 Å². The quantitative estimate of drug-likeness (QED) is 0.161. The fraction of sp³-hybridized carbons (Fsp3) is 0.548. The average molecular weight is 879 g/mol. The van der Waals surface area contributed by atoms with Crippen LogP contribution >= 0.6 is 0 Å². The van der Waals surface area contributed by atoms with Gasteiger partial charge in [-0.25, -0.2) is 0 Å². The van der Waals surface area contributed by atoms with Crippen molar-refractivity contribution in [2.45, 2.75) is 219 Å². The van der Waals surface area contributed by atoms with Crippen LogP contribution < -0.4 is 26.2 Å². The van der Waals surface area contributed by atoms with Crippen LogP contribution in [0.5, 0.6) is 0 Å². The Morgan fingerprint density at radius 1 is 0.409 bits per heavy atom. The van der Waals surface area contributed by atoms with Crippen LogP contribution in [0.15, 0.2) is 59.0 Å². The molecular weight excluding hydrogens is 800 g/mol. The summed E-state index contributed by atoms with van der Waals surface area (Å²) in [5.41, 5.74) is 24.3. The van der Waals surface area contributed by atoms with Gasteiger partial charge in [0.2, 0.25) is 0 Å². The van der Waals surface area contributed by atoms with E-state index in [1.165, 1.54) is 139 Å². The van der Waals surface area contributed by atoms with Gasteiger partial charge in [-0.15, -0.1) is 0 Å². The van der Waals surface area contributed by atoms with E-state index in [1.807, 2.05) is 0 Å². The number of benzene rings is 4. The number of fused-ring (bicyclic) bond motifs is 9. The maximum Gasteiger partial charge on any atom is 0.256 e. The minimum absolute atomic E-state index is 0.0150. The van der Waals surface area contributed by atoms with Gasteiger partial charge in [-0.1, -0.05) is 129 Å². The monoisotopic (exact) mass is 879 g/mol. The lowest BCUT2D eigenvalue weighted by molar-refractivity contribution is 0.280. The van der Waals surface area contributed by atoms with Crippen molar-refractivity contribution >= 4 is 57.4 Å². The van der Waals surface area contributed by atoms with E-state index in [9.17, 15) is 0 Å². The Bertz CT molecular complexity index is 2920. The lowest BCUT2D eigenvalue weighted by Gasteiger charge is -2.48. The summed E-state index contributed by atoms with van der Waals surface area (Å²) in [6, 6.07) is 23.2. The lowest BCUT2D eigenvalue weighted by Crippen LogP contribution is -2.63. The van der Waals surface area contributed by atoms with Gasteiger partial charge in [0.1, 0.15) is 5.76 Å². The van der Waals surface area contributed by atoms with Crippen LogP contribution in [-0.4, -0.2) is 6.71 Å². The van der Waals surface area contributed by atoms with E-state index in [-0.39, 0.29) is 50.0 Å². The van der Waals surface area contributed by atoms with Gasteiger partial charge in [-0.3, -0.25) is 4.90 Å². The number of aryl methyl sites for hydroxylation is 2. The molecule has 0 saturated heterocycles. The van der Waals surface area contributed by atoms with E-state index in [0.717, 1.165) is 18.7 Å². The summed E-state index contributed by atoms with van der Waals surface area (Å²) in [5, 5.41) is 0. The molecule has 0 unspecified atom stereocenters. The first kappa shape index (κ1) is 44.3. The number of anilines is 6. The van der Waals surface area contributed by atoms with Crippen molar-refractivity contribution in [1.82, 2.24) is 0 Å². The normalized spacial score (nSPS) is 23.4. The lowest BCUT2D eigenvalue weighted by atomic mass is 9.32.